The number of piperazine rings is 1. The maximum atomic E-state index is 13.6. The Morgan fingerprint density at radius 1 is 1.08 bits per heavy atom. The van der Waals surface area contributed by atoms with Crippen LogP contribution in [-0.4, -0.2) is 53.4 Å². The van der Waals surface area contributed by atoms with Gasteiger partial charge in [0.1, 0.15) is 17.3 Å². The molecule has 2 amide bonds. The number of hydrogen-bond donors (Lipinski definition) is 1. The summed E-state index contributed by atoms with van der Waals surface area (Å²) in [7, 11) is 0. The van der Waals surface area contributed by atoms with Crippen LogP contribution in [0, 0.1) is 11.6 Å². The van der Waals surface area contributed by atoms with E-state index in [0.29, 0.717) is 32.1 Å². The molecule has 1 aromatic heterocycles. The number of rotatable bonds is 4. The molecule has 1 aromatic carbocycles. The van der Waals surface area contributed by atoms with E-state index in [-0.39, 0.29) is 5.56 Å². The van der Waals surface area contributed by atoms with Crippen molar-refractivity contribution < 1.29 is 18.4 Å². The average molecular weight is 347 g/mol. The zero-order valence-electron chi connectivity index (χ0n) is 13.2. The van der Waals surface area contributed by atoms with E-state index < -0.39 is 23.2 Å². The molecule has 9 heteroatoms. The molecule has 1 fully saturated rings. The van der Waals surface area contributed by atoms with Crippen LogP contribution in [0.15, 0.2) is 30.6 Å². The summed E-state index contributed by atoms with van der Waals surface area (Å²) in [6.45, 7) is 2.32. The molecule has 3 rings (SSSR count). The van der Waals surface area contributed by atoms with Crippen LogP contribution in [-0.2, 0) is 4.79 Å². The molecule has 1 saturated heterocycles. The molecule has 0 unspecified atom stereocenters. The van der Waals surface area contributed by atoms with Crippen molar-refractivity contribution in [2.24, 2.45) is 0 Å². The van der Waals surface area contributed by atoms with Crippen molar-refractivity contribution in [3.8, 4) is 0 Å². The molecule has 2 aromatic rings. The van der Waals surface area contributed by atoms with Gasteiger partial charge in [-0.25, -0.2) is 18.7 Å². The number of carbonyl (C=O) groups is 2. The maximum Gasteiger partial charge on any atom is 0.258 e. The molecular formula is C16H15F2N5O2. The summed E-state index contributed by atoms with van der Waals surface area (Å²) in [5.74, 6) is -2.00. The monoisotopic (exact) mass is 347 g/mol. The van der Waals surface area contributed by atoms with Gasteiger partial charge in [-0.05, 0) is 12.1 Å². The lowest BCUT2D eigenvalue weighted by atomic mass is 10.2. The first-order valence-electron chi connectivity index (χ1n) is 7.60. The number of para-hydroxylation sites is 1. The molecule has 0 spiro atoms. The summed E-state index contributed by atoms with van der Waals surface area (Å²) in [6.07, 6.45) is 3.39. The molecule has 1 aliphatic heterocycles. The van der Waals surface area contributed by atoms with Gasteiger partial charge < -0.3 is 15.1 Å². The highest BCUT2D eigenvalue weighted by Gasteiger charge is 2.19. The minimum Gasteiger partial charge on any atom is -0.342 e. The summed E-state index contributed by atoms with van der Waals surface area (Å²) in [4.78, 5) is 34.6. The number of carbonyl (C=O) groups excluding carboxylic acids is 2. The lowest BCUT2D eigenvalue weighted by molar-refractivity contribution is -0.118. The van der Waals surface area contributed by atoms with Crippen LogP contribution in [0.2, 0.25) is 0 Å². The number of halogens is 2. The van der Waals surface area contributed by atoms with Gasteiger partial charge in [-0.2, -0.15) is 0 Å². The lowest BCUT2D eigenvalue weighted by Gasteiger charge is -2.32. The van der Waals surface area contributed by atoms with Crippen LogP contribution < -0.4 is 10.2 Å². The molecule has 1 aliphatic rings. The molecule has 25 heavy (non-hydrogen) atoms. The Balaban J connectivity index is 1.68. The maximum absolute atomic E-state index is 13.6. The summed E-state index contributed by atoms with van der Waals surface area (Å²) in [5, 5.41) is 2.18. The third kappa shape index (κ3) is 3.70. The summed E-state index contributed by atoms with van der Waals surface area (Å²) in [6, 6.07) is 3.32. The van der Waals surface area contributed by atoms with E-state index >= 15 is 0 Å². The van der Waals surface area contributed by atoms with Gasteiger partial charge in [-0.15, -0.1) is 0 Å². The number of hydrogen-bond acceptors (Lipinski definition) is 5. The molecule has 0 saturated carbocycles. The van der Waals surface area contributed by atoms with E-state index in [0.717, 1.165) is 18.5 Å². The zero-order chi connectivity index (χ0) is 17.8. The highest BCUT2D eigenvalue weighted by atomic mass is 19.1. The largest absolute Gasteiger partial charge is 0.342 e. The smallest absolute Gasteiger partial charge is 0.258 e. The third-order valence-corrected chi connectivity index (χ3v) is 3.85. The lowest BCUT2D eigenvalue weighted by Crippen LogP contribution is -2.46. The SMILES string of the molecule is O=CN1CCN(c2ncc(C(=O)Nc3c(F)cccc3F)cn2)CC1. The molecular weight excluding hydrogens is 332 g/mol. The second-order valence-electron chi connectivity index (χ2n) is 5.45. The Kier molecular flexibility index (Phi) is 4.82. The Bertz CT molecular complexity index is 756. The van der Waals surface area contributed by atoms with Crippen molar-refractivity contribution in [2.45, 2.75) is 0 Å². The zero-order valence-corrected chi connectivity index (χ0v) is 13.2. The molecule has 2 heterocycles. The fourth-order valence-corrected chi connectivity index (χ4v) is 2.43. The van der Waals surface area contributed by atoms with Gasteiger partial charge in [0.25, 0.3) is 5.91 Å². The molecule has 7 nitrogen and oxygen atoms in total. The van der Waals surface area contributed by atoms with Gasteiger partial charge in [0.05, 0.1) is 5.56 Å². The predicted molar refractivity (Wildman–Crippen MR) is 86.2 cm³/mol. The fraction of sp³-hybridized carbons (Fsp3) is 0.250. The average Bonchev–Trinajstić information content (AvgIpc) is 2.65. The summed E-state index contributed by atoms with van der Waals surface area (Å²) in [5.41, 5.74) is -0.431. The van der Waals surface area contributed by atoms with Crippen molar-refractivity contribution in [3.05, 3.63) is 47.8 Å². The van der Waals surface area contributed by atoms with E-state index in [2.05, 4.69) is 15.3 Å². The first-order valence-corrected chi connectivity index (χ1v) is 7.60. The van der Waals surface area contributed by atoms with Crippen LogP contribution in [0.5, 0.6) is 0 Å². The minimum atomic E-state index is -0.862. The molecule has 0 bridgehead atoms. The van der Waals surface area contributed by atoms with E-state index in [1.54, 1.807) is 4.90 Å². The van der Waals surface area contributed by atoms with Crippen molar-refractivity contribution in [2.75, 3.05) is 36.4 Å². The van der Waals surface area contributed by atoms with Crippen LogP contribution >= 0.6 is 0 Å². The van der Waals surface area contributed by atoms with Gasteiger partial charge in [-0.1, -0.05) is 6.07 Å². The third-order valence-electron chi connectivity index (χ3n) is 3.85. The van der Waals surface area contributed by atoms with Crippen LogP contribution in [0.25, 0.3) is 0 Å². The van der Waals surface area contributed by atoms with Crippen LogP contribution in [0.3, 0.4) is 0 Å². The predicted octanol–water partition coefficient (Wildman–Crippen LogP) is 1.29. The van der Waals surface area contributed by atoms with Gasteiger partial charge >= 0.3 is 0 Å². The van der Waals surface area contributed by atoms with Crippen molar-refractivity contribution in [1.82, 2.24) is 14.9 Å². The molecule has 0 aliphatic carbocycles. The van der Waals surface area contributed by atoms with E-state index in [1.165, 1.54) is 18.5 Å². The van der Waals surface area contributed by atoms with Crippen molar-refractivity contribution in [1.29, 1.82) is 0 Å². The highest BCUT2D eigenvalue weighted by Crippen LogP contribution is 2.19. The number of nitrogens with one attached hydrogen (secondary N) is 1. The molecule has 1 N–H and O–H groups in total. The minimum absolute atomic E-state index is 0.0814. The number of benzene rings is 1. The highest BCUT2D eigenvalue weighted by molar-refractivity contribution is 6.04. The Hall–Kier alpha value is -3.10. The topological polar surface area (TPSA) is 78.4 Å². The molecule has 0 atom stereocenters. The van der Waals surface area contributed by atoms with Crippen LogP contribution in [0.1, 0.15) is 10.4 Å². The normalized spacial score (nSPS) is 14.3. The van der Waals surface area contributed by atoms with Crippen molar-refractivity contribution >= 4 is 24.0 Å². The van der Waals surface area contributed by atoms with Crippen LogP contribution in [0.4, 0.5) is 20.4 Å². The molecule has 130 valence electrons. The number of amides is 2. The summed E-state index contributed by atoms with van der Waals surface area (Å²) < 4.78 is 27.1. The first kappa shape index (κ1) is 16.7. The quantitative estimate of drug-likeness (QED) is 0.843. The Morgan fingerprint density at radius 2 is 1.68 bits per heavy atom. The van der Waals surface area contributed by atoms with Crippen molar-refractivity contribution in [3.63, 3.8) is 0 Å². The number of anilines is 2. The number of aromatic nitrogens is 2. The number of nitrogens with zero attached hydrogens (tertiary/aromatic N) is 4. The van der Waals surface area contributed by atoms with E-state index in [9.17, 15) is 18.4 Å². The first-order chi connectivity index (χ1) is 12.1. The Labute approximate surface area is 142 Å². The van der Waals surface area contributed by atoms with E-state index in [4.69, 9.17) is 0 Å². The van der Waals surface area contributed by atoms with Gasteiger partial charge in [-0.3, -0.25) is 9.59 Å². The van der Waals surface area contributed by atoms with Gasteiger partial charge in [0.2, 0.25) is 12.4 Å². The second kappa shape index (κ2) is 7.20. The summed E-state index contributed by atoms with van der Waals surface area (Å²) >= 11 is 0. The fourth-order valence-electron chi connectivity index (χ4n) is 2.43. The van der Waals surface area contributed by atoms with Gasteiger partial charge in [0.15, 0.2) is 0 Å². The van der Waals surface area contributed by atoms with Gasteiger partial charge in [0, 0.05) is 38.6 Å². The Morgan fingerprint density at radius 3 is 2.24 bits per heavy atom. The van der Waals surface area contributed by atoms with E-state index in [1.807, 2.05) is 4.90 Å². The molecule has 0 radical (unpaired) electrons. The standard InChI is InChI=1S/C16H15F2N5O2/c17-12-2-1-3-13(18)14(12)21-15(25)11-8-19-16(20-9-11)23-6-4-22(10-24)5-7-23/h1-3,8-10H,4-7H2,(H,21,25). The second-order valence-corrected chi connectivity index (χ2v) is 5.45.